The Bertz CT molecular complexity index is 616. The zero-order valence-corrected chi connectivity index (χ0v) is 11.5. The van der Waals surface area contributed by atoms with E-state index in [1.54, 1.807) is 0 Å². The molecule has 3 N–H and O–H groups in total. The van der Waals surface area contributed by atoms with Gasteiger partial charge in [-0.1, -0.05) is 48.5 Å². The van der Waals surface area contributed by atoms with E-state index in [2.05, 4.69) is 4.99 Å². The normalized spacial score (nSPS) is 13.0. The summed E-state index contributed by atoms with van der Waals surface area (Å²) in [6, 6.07) is 19.5. The van der Waals surface area contributed by atoms with Gasteiger partial charge in [0.15, 0.2) is 0 Å². The molecular weight excluding hydrogens is 248 g/mol. The topological polar surface area (TPSA) is 58.6 Å². The standard InChI is InChI=1S/C17H18N2O/c1-13(16(18)12-20)17(14-8-4-2-5-9-14)19-15-10-6-3-7-11-15/h2-11,20H,12,18H2,1H3/b16-13-,19-17?. The lowest BCUT2D eigenvalue weighted by molar-refractivity contribution is 0.329. The zero-order valence-electron chi connectivity index (χ0n) is 11.5. The quantitative estimate of drug-likeness (QED) is 0.836. The largest absolute Gasteiger partial charge is 0.400 e. The summed E-state index contributed by atoms with van der Waals surface area (Å²) < 4.78 is 0. The van der Waals surface area contributed by atoms with E-state index in [1.165, 1.54) is 0 Å². The number of aliphatic hydroxyl groups excluding tert-OH is 1. The van der Waals surface area contributed by atoms with Crippen molar-refractivity contribution in [2.45, 2.75) is 6.92 Å². The molecule has 0 aliphatic carbocycles. The molecule has 0 saturated carbocycles. The van der Waals surface area contributed by atoms with E-state index in [0.717, 1.165) is 22.5 Å². The predicted octanol–water partition coefficient (Wildman–Crippen LogP) is 3.03. The first-order valence-electron chi connectivity index (χ1n) is 6.48. The number of hydrogen-bond donors (Lipinski definition) is 2. The summed E-state index contributed by atoms with van der Waals surface area (Å²) >= 11 is 0. The second-order valence-electron chi connectivity index (χ2n) is 4.47. The lowest BCUT2D eigenvalue weighted by atomic mass is 10.0. The van der Waals surface area contributed by atoms with Gasteiger partial charge in [0.05, 0.1) is 18.0 Å². The highest BCUT2D eigenvalue weighted by Gasteiger charge is 2.09. The van der Waals surface area contributed by atoms with Crippen molar-refractivity contribution in [2.24, 2.45) is 10.7 Å². The summed E-state index contributed by atoms with van der Waals surface area (Å²) in [7, 11) is 0. The van der Waals surface area contributed by atoms with Crippen molar-refractivity contribution in [3.8, 4) is 0 Å². The molecule has 0 atom stereocenters. The summed E-state index contributed by atoms with van der Waals surface area (Å²) in [5, 5.41) is 9.23. The zero-order chi connectivity index (χ0) is 14.4. The fraction of sp³-hybridized carbons (Fsp3) is 0.118. The van der Waals surface area contributed by atoms with Crippen molar-refractivity contribution < 1.29 is 5.11 Å². The van der Waals surface area contributed by atoms with Crippen LogP contribution in [-0.2, 0) is 0 Å². The minimum atomic E-state index is -0.174. The number of aliphatic hydroxyl groups is 1. The molecule has 0 unspecified atom stereocenters. The molecule has 102 valence electrons. The number of rotatable bonds is 4. The Morgan fingerprint density at radius 3 is 2.10 bits per heavy atom. The third kappa shape index (κ3) is 3.33. The molecule has 3 nitrogen and oxygen atoms in total. The van der Waals surface area contributed by atoms with Crippen LogP contribution in [0.25, 0.3) is 0 Å². The fourth-order valence-corrected chi connectivity index (χ4v) is 1.86. The summed E-state index contributed by atoms with van der Waals surface area (Å²) in [6.07, 6.45) is 0. The van der Waals surface area contributed by atoms with Gasteiger partial charge in [-0.2, -0.15) is 0 Å². The summed E-state index contributed by atoms with van der Waals surface area (Å²) in [4.78, 5) is 4.67. The first kappa shape index (κ1) is 14.0. The number of benzene rings is 2. The van der Waals surface area contributed by atoms with Crippen molar-refractivity contribution in [3.63, 3.8) is 0 Å². The number of nitrogens with zero attached hydrogens (tertiary/aromatic N) is 1. The first-order valence-corrected chi connectivity index (χ1v) is 6.48. The van der Waals surface area contributed by atoms with E-state index in [9.17, 15) is 5.11 Å². The van der Waals surface area contributed by atoms with E-state index in [4.69, 9.17) is 5.73 Å². The summed E-state index contributed by atoms with van der Waals surface area (Å²) in [6.45, 7) is 1.70. The predicted molar refractivity (Wildman–Crippen MR) is 83.1 cm³/mol. The molecule has 2 aromatic rings. The second-order valence-corrected chi connectivity index (χ2v) is 4.47. The fourth-order valence-electron chi connectivity index (χ4n) is 1.86. The van der Waals surface area contributed by atoms with E-state index < -0.39 is 0 Å². The van der Waals surface area contributed by atoms with Crippen LogP contribution in [0.15, 0.2) is 76.9 Å². The highest BCUT2D eigenvalue weighted by Crippen LogP contribution is 2.18. The molecule has 2 rings (SSSR count). The van der Waals surface area contributed by atoms with Crippen LogP contribution in [0.4, 0.5) is 5.69 Å². The second kappa shape index (κ2) is 6.68. The van der Waals surface area contributed by atoms with Gasteiger partial charge in [0.25, 0.3) is 0 Å². The summed E-state index contributed by atoms with van der Waals surface area (Å²) in [5.41, 5.74) is 9.70. The number of hydrogen-bond acceptors (Lipinski definition) is 3. The molecule has 0 amide bonds. The minimum Gasteiger partial charge on any atom is -0.400 e. The molecule has 3 heteroatoms. The van der Waals surface area contributed by atoms with Crippen molar-refractivity contribution in [3.05, 3.63) is 77.5 Å². The SMILES string of the molecule is C/C(C(=Nc1ccccc1)c1ccccc1)=C(/N)CO. The Kier molecular flexibility index (Phi) is 4.69. The molecule has 0 spiro atoms. The molecule has 0 bridgehead atoms. The van der Waals surface area contributed by atoms with Gasteiger partial charge >= 0.3 is 0 Å². The van der Waals surface area contributed by atoms with Gasteiger partial charge in [-0.3, -0.25) is 0 Å². The van der Waals surface area contributed by atoms with E-state index >= 15 is 0 Å². The van der Waals surface area contributed by atoms with Gasteiger partial charge in [-0.15, -0.1) is 0 Å². The average Bonchev–Trinajstić information content (AvgIpc) is 2.53. The number of allylic oxidation sites excluding steroid dienone is 1. The third-order valence-corrected chi connectivity index (χ3v) is 3.05. The van der Waals surface area contributed by atoms with E-state index in [1.807, 2.05) is 67.6 Å². The van der Waals surface area contributed by atoms with Crippen LogP contribution in [0, 0.1) is 0 Å². The molecule has 2 aromatic carbocycles. The maximum atomic E-state index is 9.23. The van der Waals surface area contributed by atoms with Gasteiger partial charge in [0.2, 0.25) is 0 Å². The molecule has 0 radical (unpaired) electrons. The Balaban J connectivity index is 2.54. The lowest BCUT2D eigenvalue weighted by Gasteiger charge is -2.10. The highest BCUT2D eigenvalue weighted by atomic mass is 16.3. The maximum Gasteiger partial charge on any atom is 0.0828 e. The molecule has 0 aliphatic rings. The molecule has 20 heavy (non-hydrogen) atoms. The maximum absolute atomic E-state index is 9.23. The van der Waals surface area contributed by atoms with Crippen LogP contribution in [0.5, 0.6) is 0 Å². The van der Waals surface area contributed by atoms with Crippen LogP contribution >= 0.6 is 0 Å². The smallest absolute Gasteiger partial charge is 0.0828 e. The Morgan fingerprint density at radius 1 is 1.00 bits per heavy atom. The van der Waals surface area contributed by atoms with Crippen LogP contribution in [0.2, 0.25) is 0 Å². The van der Waals surface area contributed by atoms with Gasteiger partial charge in [-0.25, -0.2) is 4.99 Å². The first-order chi connectivity index (χ1) is 9.72. The van der Waals surface area contributed by atoms with Crippen LogP contribution in [0.1, 0.15) is 12.5 Å². The molecule has 0 heterocycles. The van der Waals surface area contributed by atoms with Crippen molar-refractivity contribution >= 4 is 11.4 Å². The molecule has 0 fully saturated rings. The van der Waals surface area contributed by atoms with Gasteiger partial charge in [0, 0.05) is 11.3 Å². The monoisotopic (exact) mass is 266 g/mol. The molecule has 0 aromatic heterocycles. The highest BCUT2D eigenvalue weighted by molar-refractivity contribution is 6.13. The lowest BCUT2D eigenvalue weighted by Crippen LogP contribution is -2.13. The van der Waals surface area contributed by atoms with Crippen molar-refractivity contribution in [1.82, 2.24) is 0 Å². The van der Waals surface area contributed by atoms with Crippen LogP contribution in [0.3, 0.4) is 0 Å². The number of para-hydroxylation sites is 1. The van der Waals surface area contributed by atoms with Crippen LogP contribution in [-0.4, -0.2) is 17.4 Å². The third-order valence-electron chi connectivity index (χ3n) is 3.05. The van der Waals surface area contributed by atoms with Crippen LogP contribution < -0.4 is 5.73 Å². The molecule has 0 aliphatic heterocycles. The summed E-state index contributed by atoms with van der Waals surface area (Å²) in [5.74, 6) is 0. The number of aliphatic imine (C=N–C) groups is 1. The van der Waals surface area contributed by atoms with E-state index in [0.29, 0.717) is 5.70 Å². The van der Waals surface area contributed by atoms with E-state index in [-0.39, 0.29) is 6.61 Å². The molecule has 0 saturated heterocycles. The minimum absolute atomic E-state index is 0.174. The van der Waals surface area contributed by atoms with Gasteiger partial charge in [-0.05, 0) is 24.6 Å². The Morgan fingerprint density at radius 2 is 1.55 bits per heavy atom. The average molecular weight is 266 g/mol. The number of nitrogens with two attached hydrogens (primary N) is 1. The van der Waals surface area contributed by atoms with Crippen molar-refractivity contribution in [2.75, 3.05) is 6.61 Å². The Labute approximate surface area is 119 Å². The van der Waals surface area contributed by atoms with Gasteiger partial charge in [0.1, 0.15) is 0 Å². The molecular formula is C17H18N2O. The van der Waals surface area contributed by atoms with Gasteiger partial charge < -0.3 is 10.8 Å². The Hall–Kier alpha value is -2.39. The van der Waals surface area contributed by atoms with Crippen molar-refractivity contribution in [1.29, 1.82) is 0 Å².